The highest BCUT2D eigenvalue weighted by Crippen LogP contribution is 2.21. The van der Waals surface area contributed by atoms with Gasteiger partial charge in [0.05, 0.1) is 23.7 Å². The predicted octanol–water partition coefficient (Wildman–Crippen LogP) is 0.147. The van der Waals surface area contributed by atoms with Gasteiger partial charge >= 0.3 is 0 Å². The largest absolute Gasteiger partial charge is 0.398 e. The molecule has 4 N–H and O–H groups in total. The van der Waals surface area contributed by atoms with Gasteiger partial charge < -0.3 is 16.2 Å². The molecule has 94 valence electrons. The topological polar surface area (TPSA) is 92.4 Å². The van der Waals surface area contributed by atoms with E-state index in [2.05, 4.69) is 5.32 Å². The van der Waals surface area contributed by atoms with Crippen molar-refractivity contribution < 1.29 is 13.5 Å². The van der Waals surface area contributed by atoms with E-state index < -0.39 is 22.0 Å². The minimum Gasteiger partial charge on any atom is -0.398 e. The van der Waals surface area contributed by atoms with Gasteiger partial charge in [-0.2, -0.15) is 0 Å². The van der Waals surface area contributed by atoms with Crippen LogP contribution in [0.4, 0.5) is 11.4 Å². The Morgan fingerprint density at radius 2 is 2.12 bits per heavy atom. The number of hydrogen-bond donors (Lipinski definition) is 3. The zero-order valence-electron chi connectivity index (χ0n) is 9.55. The summed E-state index contributed by atoms with van der Waals surface area (Å²) in [6.45, 7) is 1.90. The molecule has 0 saturated carbocycles. The molecule has 0 amide bonds. The lowest BCUT2D eigenvalue weighted by molar-refractivity contribution is 0.190. The first-order valence-electron chi connectivity index (χ1n) is 5.38. The van der Waals surface area contributed by atoms with Crippen LogP contribution >= 0.6 is 0 Å². The fourth-order valence-corrected chi connectivity index (χ4v) is 3.65. The number of aliphatic hydroxyl groups excluding tert-OH is 1. The Balaban J connectivity index is 2.14. The Bertz CT molecular complexity index is 528. The maximum atomic E-state index is 11.3. The lowest BCUT2D eigenvalue weighted by atomic mass is 10.1. The first-order valence-corrected chi connectivity index (χ1v) is 7.21. The maximum absolute atomic E-state index is 11.3. The number of rotatable bonds is 2. The SMILES string of the molecule is Cc1ccc(N[C@H]2CS(=O)(=O)C[C@H]2O)cc1N. The van der Waals surface area contributed by atoms with Crippen LogP contribution in [0, 0.1) is 6.92 Å². The van der Waals surface area contributed by atoms with Gasteiger partial charge in [0, 0.05) is 11.4 Å². The van der Waals surface area contributed by atoms with E-state index in [-0.39, 0.29) is 11.5 Å². The monoisotopic (exact) mass is 256 g/mol. The third kappa shape index (κ3) is 2.70. The van der Waals surface area contributed by atoms with Crippen molar-refractivity contribution in [2.24, 2.45) is 0 Å². The summed E-state index contributed by atoms with van der Waals surface area (Å²) < 4.78 is 22.7. The summed E-state index contributed by atoms with van der Waals surface area (Å²) in [7, 11) is -3.13. The number of nitrogens with one attached hydrogen (secondary N) is 1. The molecule has 0 aromatic heterocycles. The van der Waals surface area contributed by atoms with Crippen LogP contribution in [-0.4, -0.2) is 37.2 Å². The molecule has 1 aliphatic rings. The highest BCUT2D eigenvalue weighted by molar-refractivity contribution is 7.91. The van der Waals surface area contributed by atoms with Crippen molar-refractivity contribution in [1.29, 1.82) is 0 Å². The molecule has 1 fully saturated rings. The molecule has 2 atom stereocenters. The lowest BCUT2D eigenvalue weighted by Gasteiger charge is -2.17. The molecule has 1 aromatic carbocycles. The number of nitrogen functional groups attached to an aromatic ring is 1. The quantitative estimate of drug-likeness (QED) is 0.655. The molecule has 1 aliphatic heterocycles. The molecule has 0 aliphatic carbocycles. The van der Waals surface area contributed by atoms with Crippen molar-refractivity contribution in [1.82, 2.24) is 0 Å². The second kappa shape index (κ2) is 4.19. The fourth-order valence-electron chi connectivity index (χ4n) is 1.91. The van der Waals surface area contributed by atoms with Crippen molar-refractivity contribution in [3.8, 4) is 0 Å². The average molecular weight is 256 g/mol. The molecule has 0 unspecified atom stereocenters. The minimum absolute atomic E-state index is 0.0397. The van der Waals surface area contributed by atoms with Gasteiger partial charge in [-0.05, 0) is 24.6 Å². The summed E-state index contributed by atoms with van der Waals surface area (Å²) in [5.41, 5.74) is 8.10. The molecule has 2 rings (SSSR count). The second-order valence-electron chi connectivity index (χ2n) is 4.47. The van der Waals surface area contributed by atoms with E-state index >= 15 is 0 Å². The maximum Gasteiger partial charge on any atom is 0.155 e. The first kappa shape index (κ1) is 12.2. The van der Waals surface area contributed by atoms with Crippen LogP contribution in [-0.2, 0) is 9.84 Å². The third-order valence-electron chi connectivity index (χ3n) is 2.95. The van der Waals surface area contributed by atoms with E-state index in [0.29, 0.717) is 5.69 Å². The van der Waals surface area contributed by atoms with Gasteiger partial charge in [-0.25, -0.2) is 8.42 Å². The molecule has 6 heteroatoms. The van der Waals surface area contributed by atoms with Crippen LogP contribution in [0.15, 0.2) is 18.2 Å². The first-order chi connectivity index (χ1) is 7.87. The molecule has 5 nitrogen and oxygen atoms in total. The van der Waals surface area contributed by atoms with Crippen molar-refractivity contribution in [3.05, 3.63) is 23.8 Å². The van der Waals surface area contributed by atoms with Crippen LogP contribution in [0.3, 0.4) is 0 Å². The van der Waals surface area contributed by atoms with E-state index in [4.69, 9.17) is 5.73 Å². The van der Waals surface area contributed by atoms with Crippen molar-refractivity contribution >= 4 is 21.2 Å². The number of benzene rings is 1. The fraction of sp³-hybridized carbons (Fsp3) is 0.455. The molecular weight excluding hydrogens is 240 g/mol. The predicted molar refractivity (Wildman–Crippen MR) is 67.7 cm³/mol. The number of aryl methyl sites for hydroxylation is 1. The van der Waals surface area contributed by atoms with Crippen molar-refractivity contribution in [2.45, 2.75) is 19.1 Å². The van der Waals surface area contributed by atoms with Crippen LogP contribution in [0.1, 0.15) is 5.56 Å². The Labute approximate surface area is 101 Å². The van der Waals surface area contributed by atoms with E-state index in [9.17, 15) is 13.5 Å². The minimum atomic E-state index is -3.13. The van der Waals surface area contributed by atoms with Crippen molar-refractivity contribution in [3.63, 3.8) is 0 Å². The van der Waals surface area contributed by atoms with Crippen LogP contribution in [0.25, 0.3) is 0 Å². The molecule has 0 spiro atoms. The summed E-state index contributed by atoms with van der Waals surface area (Å²) in [4.78, 5) is 0. The molecule has 1 saturated heterocycles. The molecule has 1 aromatic rings. The van der Waals surface area contributed by atoms with Crippen LogP contribution < -0.4 is 11.1 Å². The Morgan fingerprint density at radius 3 is 2.65 bits per heavy atom. The van der Waals surface area contributed by atoms with E-state index in [1.807, 2.05) is 19.1 Å². The number of anilines is 2. The van der Waals surface area contributed by atoms with Gasteiger partial charge in [0.15, 0.2) is 9.84 Å². The van der Waals surface area contributed by atoms with Gasteiger partial charge in [0.2, 0.25) is 0 Å². The van der Waals surface area contributed by atoms with E-state index in [1.165, 1.54) is 0 Å². The normalized spacial score (nSPS) is 26.9. The number of nitrogens with two attached hydrogens (primary N) is 1. The third-order valence-corrected chi connectivity index (χ3v) is 4.67. The Hall–Kier alpha value is -1.27. The average Bonchev–Trinajstić information content (AvgIpc) is 2.46. The standard InChI is InChI=1S/C11H16N2O3S/c1-7-2-3-8(4-9(7)12)13-10-5-17(15,16)6-11(10)14/h2-4,10-11,13-14H,5-6,12H2,1H3/t10-,11+/m0/s1. The molecular formula is C11H16N2O3S. The summed E-state index contributed by atoms with van der Waals surface area (Å²) >= 11 is 0. The van der Waals surface area contributed by atoms with Crippen LogP contribution in [0.5, 0.6) is 0 Å². The molecule has 1 heterocycles. The molecule has 0 radical (unpaired) electrons. The summed E-state index contributed by atoms with van der Waals surface area (Å²) in [6.07, 6.45) is -0.859. The molecule has 17 heavy (non-hydrogen) atoms. The van der Waals surface area contributed by atoms with Gasteiger partial charge in [0.25, 0.3) is 0 Å². The van der Waals surface area contributed by atoms with E-state index in [0.717, 1.165) is 11.3 Å². The lowest BCUT2D eigenvalue weighted by Crippen LogP contribution is -2.31. The summed E-state index contributed by atoms with van der Waals surface area (Å²) in [5.74, 6) is -0.214. The Kier molecular flexibility index (Phi) is 3.01. The number of sulfone groups is 1. The second-order valence-corrected chi connectivity index (χ2v) is 6.62. The molecule has 0 bridgehead atoms. The number of aliphatic hydroxyl groups is 1. The zero-order valence-corrected chi connectivity index (χ0v) is 10.4. The highest BCUT2D eigenvalue weighted by atomic mass is 32.2. The summed E-state index contributed by atoms with van der Waals surface area (Å²) in [6, 6.07) is 4.96. The van der Waals surface area contributed by atoms with Gasteiger partial charge in [-0.1, -0.05) is 6.07 Å². The Morgan fingerprint density at radius 1 is 1.41 bits per heavy atom. The van der Waals surface area contributed by atoms with E-state index in [1.54, 1.807) is 6.07 Å². The number of hydrogen-bond acceptors (Lipinski definition) is 5. The zero-order chi connectivity index (χ0) is 12.6. The van der Waals surface area contributed by atoms with Gasteiger partial charge in [-0.3, -0.25) is 0 Å². The smallest absolute Gasteiger partial charge is 0.155 e. The highest BCUT2D eigenvalue weighted by Gasteiger charge is 2.36. The van der Waals surface area contributed by atoms with Crippen LogP contribution in [0.2, 0.25) is 0 Å². The van der Waals surface area contributed by atoms with Gasteiger partial charge in [-0.15, -0.1) is 0 Å². The van der Waals surface area contributed by atoms with Crippen molar-refractivity contribution in [2.75, 3.05) is 22.6 Å². The van der Waals surface area contributed by atoms with Gasteiger partial charge in [0.1, 0.15) is 0 Å². The summed E-state index contributed by atoms with van der Waals surface area (Å²) in [5, 5.41) is 12.6.